The van der Waals surface area contributed by atoms with Gasteiger partial charge in [-0.05, 0) is 12.1 Å². The summed E-state index contributed by atoms with van der Waals surface area (Å²) in [4.78, 5) is 23.5. The minimum Gasteiger partial charge on any atom is -0.467 e. The van der Waals surface area contributed by atoms with Gasteiger partial charge in [0, 0.05) is 0 Å². The summed E-state index contributed by atoms with van der Waals surface area (Å²) in [6.07, 6.45) is 1.52. The molecule has 13 heavy (non-hydrogen) atoms. The van der Waals surface area contributed by atoms with Crippen LogP contribution in [0.2, 0.25) is 0 Å². The molecule has 0 spiro atoms. The number of carbonyl (C=O) groups is 2. The molecule has 2 heterocycles. The van der Waals surface area contributed by atoms with Gasteiger partial charge in [-0.25, -0.2) is 0 Å². The first-order valence-corrected chi connectivity index (χ1v) is 4.75. The molecule has 0 radical (unpaired) electrons. The fraction of sp³-hybridized carbons (Fsp3) is 0.250. The Kier molecular flexibility index (Phi) is 2.10. The van der Waals surface area contributed by atoms with Gasteiger partial charge in [0.05, 0.1) is 18.6 Å². The average molecular weight is 197 g/mol. The van der Waals surface area contributed by atoms with Gasteiger partial charge in [-0.15, -0.1) is 0 Å². The van der Waals surface area contributed by atoms with E-state index in [-0.39, 0.29) is 23.4 Å². The van der Waals surface area contributed by atoms with E-state index in [4.69, 9.17) is 4.42 Å². The molecule has 0 bridgehead atoms. The fourth-order valence-electron chi connectivity index (χ4n) is 1.09. The summed E-state index contributed by atoms with van der Waals surface area (Å²) in [6, 6.07) is 3.47. The number of imide groups is 1. The summed E-state index contributed by atoms with van der Waals surface area (Å²) in [6.45, 7) is 0.248. The van der Waals surface area contributed by atoms with Crippen LogP contribution in [0.25, 0.3) is 0 Å². The molecule has 1 aliphatic heterocycles. The maximum Gasteiger partial charge on any atom is 0.289 e. The Morgan fingerprint density at radius 2 is 2.38 bits per heavy atom. The second-order valence-electron chi connectivity index (χ2n) is 2.61. The van der Waals surface area contributed by atoms with Crippen molar-refractivity contribution in [1.29, 1.82) is 0 Å². The molecule has 1 aromatic rings. The molecule has 68 valence electrons. The second kappa shape index (κ2) is 3.26. The molecular formula is C8H7NO3S. The van der Waals surface area contributed by atoms with E-state index in [2.05, 4.69) is 0 Å². The maximum absolute atomic E-state index is 11.2. The smallest absolute Gasteiger partial charge is 0.289 e. The Balaban J connectivity index is 2.09. The summed E-state index contributed by atoms with van der Waals surface area (Å²) in [7, 11) is 0. The molecular weight excluding hydrogens is 190 g/mol. The number of amides is 2. The molecule has 0 aromatic carbocycles. The molecule has 4 nitrogen and oxygen atoms in total. The highest BCUT2D eigenvalue weighted by atomic mass is 32.2. The highest BCUT2D eigenvalue weighted by Gasteiger charge is 2.30. The van der Waals surface area contributed by atoms with E-state index in [1.807, 2.05) is 0 Å². The molecule has 1 aliphatic rings. The van der Waals surface area contributed by atoms with Gasteiger partial charge < -0.3 is 4.42 Å². The Bertz CT molecular complexity index is 317. The first kappa shape index (κ1) is 8.37. The molecule has 2 rings (SSSR count). The summed E-state index contributed by atoms with van der Waals surface area (Å²) in [5.74, 6) is 0.732. The van der Waals surface area contributed by atoms with Crippen molar-refractivity contribution < 1.29 is 14.0 Å². The molecule has 1 fully saturated rings. The maximum atomic E-state index is 11.2. The summed E-state index contributed by atoms with van der Waals surface area (Å²) < 4.78 is 5.04. The SMILES string of the molecule is O=C1CSC(=O)N1Cc1ccco1. The van der Waals surface area contributed by atoms with Crippen molar-refractivity contribution in [1.82, 2.24) is 4.90 Å². The molecule has 5 heteroatoms. The molecule has 0 aliphatic carbocycles. The average Bonchev–Trinajstić information content (AvgIpc) is 2.70. The first-order valence-electron chi connectivity index (χ1n) is 3.77. The molecule has 0 saturated carbocycles. The van der Waals surface area contributed by atoms with Crippen LogP contribution in [-0.2, 0) is 11.3 Å². The topological polar surface area (TPSA) is 50.5 Å². The first-order chi connectivity index (χ1) is 6.27. The third-order valence-electron chi connectivity index (χ3n) is 1.73. The zero-order valence-corrected chi connectivity index (χ0v) is 7.54. The molecule has 1 saturated heterocycles. The second-order valence-corrected chi connectivity index (χ2v) is 3.54. The van der Waals surface area contributed by atoms with Crippen LogP contribution in [0.15, 0.2) is 22.8 Å². The molecule has 0 N–H and O–H groups in total. The Labute approximate surface area is 78.9 Å². The van der Waals surface area contributed by atoms with E-state index in [0.29, 0.717) is 5.76 Å². The van der Waals surface area contributed by atoms with Crippen LogP contribution < -0.4 is 0 Å². The number of nitrogens with zero attached hydrogens (tertiary/aromatic N) is 1. The predicted molar refractivity (Wildman–Crippen MR) is 47.1 cm³/mol. The van der Waals surface area contributed by atoms with Gasteiger partial charge in [0.25, 0.3) is 5.24 Å². The van der Waals surface area contributed by atoms with Gasteiger partial charge in [-0.3, -0.25) is 14.5 Å². The number of hydrogen-bond donors (Lipinski definition) is 0. The van der Waals surface area contributed by atoms with Crippen LogP contribution in [0, 0.1) is 0 Å². The monoisotopic (exact) mass is 197 g/mol. The van der Waals surface area contributed by atoms with Crippen molar-refractivity contribution in [2.45, 2.75) is 6.54 Å². The quantitative estimate of drug-likeness (QED) is 0.720. The third-order valence-corrected chi connectivity index (χ3v) is 2.59. The van der Waals surface area contributed by atoms with Crippen LogP contribution >= 0.6 is 11.8 Å². The highest BCUT2D eigenvalue weighted by Crippen LogP contribution is 2.21. The lowest BCUT2D eigenvalue weighted by Gasteiger charge is -2.09. The lowest BCUT2D eigenvalue weighted by molar-refractivity contribution is -0.125. The number of thioether (sulfide) groups is 1. The van der Waals surface area contributed by atoms with Crippen LogP contribution in [0.3, 0.4) is 0 Å². The highest BCUT2D eigenvalue weighted by molar-refractivity contribution is 8.14. The minimum absolute atomic E-state index is 0.147. The summed E-state index contributed by atoms with van der Waals surface area (Å²) >= 11 is 1.03. The zero-order chi connectivity index (χ0) is 9.26. The van der Waals surface area contributed by atoms with Gasteiger partial charge in [0.1, 0.15) is 5.76 Å². The van der Waals surface area contributed by atoms with Crippen LogP contribution in [0.1, 0.15) is 5.76 Å². The number of furan rings is 1. The Morgan fingerprint density at radius 3 is 2.92 bits per heavy atom. The van der Waals surface area contributed by atoms with Crippen LogP contribution in [0.4, 0.5) is 4.79 Å². The number of carbonyl (C=O) groups excluding carboxylic acids is 2. The normalized spacial score (nSPS) is 17.1. The summed E-state index contributed by atoms with van der Waals surface area (Å²) in [5, 5.41) is -0.193. The lowest BCUT2D eigenvalue weighted by Crippen LogP contribution is -2.27. The van der Waals surface area contributed by atoms with Crippen molar-refractivity contribution in [3.8, 4) is 0 Å². The Hall–Kier alpha value is -1.23. The zero-order valence-electron chi connectivity index (χ0n) is 6.73. The van der Waals surface area contributed by atoms with Crippen molar-refractivity contribution in [2.75, 3.05) is 5.75 Å². The molecule has 1 aromatic heterocycles. The lowest BCUT2D eigenvalue weighted by atomic mass is 10.4. The third kappa shape index (κ3) is 1.60. The van der Waals surface area contributed by atoms with Crippen LogP contribution in [-0.4, -0.2) is 21.8 Å². The van der Waals surface area contributed by atoms with Crippen LogP contribution in [0.5, 0.6) is 0 Å². The fourth-order valence-corrected chi connectivity index (χ4v) is 1.82. The number of hydrogen-bond acceptors (Lipinski definition) is 4. The van der Waals surface area contributed by atoms with Gasteiger partial charge >= 0.3 is 0 Å². The van der Waals surface area contributed by atoms with E-state index in [0.717, 1.165) is 11.8 Å². The predicted octanol–water partition coefficient (Wildman–Crippen LogP) is 1.48. The molecule has 0 unspecified atom stereocenters. The van der Waals surface area contributed by atoms with E-state index < -0.39 is 0 Å². The van der Waals surface area contributed by atoms with Gasteiger partial charge in [-0.1, -0.05) is 11.8 Å². The molecule has 2 amide bonds. The van der Waals surface area contributed by atoms with Gasteiger partial charge in [0.15, 0.2) is 0 Å². The summed E-state index contributed by atoms with van der Waals surface area (Å²) in [5.41, 5.74) is 0. The van der Waals surface area contributed by atoms with E-state index in [1.54, 1.807) is 12.1 Å². The van der Waals surface area contributed by atoms with Crippen molar-refractivity contribution in [3.05, 3.63) is 24.2 Å². The van der Waals surface area contributed by atoms with Crippen molar-refractivity contribution in [2.24, 2.45) is 0 Å². The van der Waals surface area contributed by atoms with Gasteiger partial charge in [0.2, 0.25) is 5.91 Å². The van der Waals surface area contributed by atoms with Crippen molar-refractivity contribution >= 4 is 22.9 Å². The van der Waals surface area contributed by atoms with E-state index in [1.165, 1.54) is 11.2 Å². The van der Waals surface area contributed by atoms with E-state index >= 15 is 0 Å². The van der Waals surface area contributed by atoms with Gasteiger partial charge in [-0.2, -0.15) is 0 Å². The largest absolute Gasteiger partial charge is 0.467 e. The number of rotatable bonds is 2. The Morgan fingerprint density at radius 1 is 1.54 bits per heavy atom. The van der Waals surface area contributed by atoms with Crippen molar-refractivity contribution in [3.63, 3.8) is 0 Å². The molecule has 0 atom stereocenters. The minimum atomic E-state index is -0.193. The van der Waals surface area contributed by atoms with E-state index in [9.17, 15) is 9.59 Å². The standard InChI is InChI=1S/C8H7NO3S/c10-7-5-13-8(11)9(7)4-6-2-1-3-12-6/h1-3H,4-5H2.